The third-order valence-corrected chi connectivity index (χ3v) is 5.43. The van der Waals surface area contributed by atoms with Gasteiger partial charge in [-0.05, 0) is 59.9 Å². The van der Waals surface area contributed by atoms with Crippen LogP contribution in [0.25, 0.3) is 0 Å². The predicted molar refractivity (Wildman–Crippen MR) is 119 cm³/mol. The van der Waals surface area contributed by atoms with Crippen molar-refractivity contribution < 1.29 is 14.6 Å². The van der Waals surface area contributed by atoms with Crippen LogP contribution in [0.15, 0.2) is 66.7 Å². The lowest BCUT2D eigenvalue weighted by molar-refractivity contribution is 0.215. The van der Waals surface area contributed by atoms with Gasteiger partial charge in [-0.15, -0.1) is 0 Å². The number of amides is 1. The summed E-state index contributed by atoms with van der Waals surface area (Å²) in [4.78, 5) is 14.5. The molecule has 3 aromatic rings. The van der Waals surface area contributed by atoms with E-state index in [4.69, 9.17) is 4.74 Å². The average molecular weight is 402 g/mol. The zero-order chi connectivity index (χ0) is 21.1. The SMILES string of the molecule is CC(C)c1ccc(NC(=O)Oc2ccc3c(c2)CCN3Cc2ccccc2O)cc1. The van der Waals surface area contributed by atoms with Crippen LogP contribution in [0.3, 0.4) is 0 Å². The summed E-state index contributed by atoms with van der Waals surface area (Å²) >= 11 is 0. The maximum atomic E-state index is 12.3. The highest BCUT2D eigenvalue weighted by Crippen LogP contribution is 2.33. The molecule has 30 heavy (non-hydrogen) atoms. The van der Waals surface area contributed by atoms with Crippen LogP contribution >= 0.6 is 0 Å². The molecule has 0 unspecified atom stereocenters. The van der Waals surface area contributed by atoms with E-state index in [1.54, 1.807) is 6.07 Å². The summed E-state index contributed by atoms with van der Waals surface area (Å²) in [6.07, 6.45) is 0.370. The van der Waals surface area contributed by atoms with Crippen molar-refractivity contribution in [3.63, 3.8) is 0 Å². The molecule has 0 saturated carbocycles. The molecule has 0 spiro atoms. The van der Waals surface area contributed by atoms with Crippen LogP contribution in [0.4, 0.5) is 16.2 Å². The number of phenols is 1. The van der Waals surface area contributed by atoms with E-state index >= 15 is 0 Å². The quantitative estimate of drug-likeness (QED) is 0.576. The predicted octanol–water partition coefficient (Wildman–Crippen LogP) is 5.69. The molecular formula is C25H26N2O3. The number of nitrogens with zero attached hydrogens (tertiary/aromatic N) is 1. The number of benzene rings is 3. The summed E-state index contributed by atoms with van der Waals surface area (Å²) in [5.74, 6) is 1.28. The number of ether oxygens (including phenoxy) is 1. The summed E-state index contributed by atoms with van der Waals surface area (Å²) in [7, 11) is 0. The minimum absolute atomic E-state index is 0.309. The largest absolute Gasteiger partial charge is 0.508 e. The monoisotopic (exact) mass is 402 g/mol. The summed E-state index contributed by atoms with van der Waals surface area (Å²) < 4.78 is 5.49. The molecule has 5 nitrogen and oxygen atoms in total. The van der Waals surface area contributed by atoms with E-state index in [2.05, 4.69) is 24.1 Å². The van der Waals surface area contributed by atoms with Crippen molar-refractivity contribution in [1.82, 2.24) is 0 Å². The molecule has 2 N–H and O–H groups in total. The van der Waals surface area contributed by atoms with Gasteiger partial charge in [-0.1, -0.05) is 44.2 Å². The second kappa shape index (κ2) is 8.49. The van der Waals surface area contributed by atoms with Crippen LogP contribution in [0.2, 0.25) is 0 Å². The molecule has 1 aliphatic heterocycles. The number of para-hydroxylation sites is 1. The summed E-state index contributed by atoms with van der Waals surface area (Å²) in [6.45, 7) is 5.77. The third kappa shape index (κ3) is 4.40. The molecule has 0 atom stereocenters. The lowest BCUT2D eigenvalue weighted by Crippen LogP contribution is -2.19. The van der Waals surface area contributed by atoms with Gasteiger partial charge in [0.05, 0.1) is 0 Å². The van der Waals surface area contributed by atoms with Gasteiger partial charge in [0.2, 0.25) is 0 Å². The fraction of sp³-hybridized carbons (Fsp3) is 0.240. The average Bonchev–Trinajstić information content (AvgIpc) is 3.12. The smallest absolute Gasteiger partial charge is 0.417 e. The van der Waals surface area contributed by atoms with Crippen molar-refractivity contribution in [2.45, 2.75) is 32.7 Å². The van der Waals surface area contributed by atoms with Gasteiger partial charge in [-0.25, -0.2) is 4.79 Å². The van der Waals surface area contributed by atoms with Gasteiger partial charge >= 0.3 is 6.09 Å². The molecule has 1 heterocycles. The van der Waals surface area contributed by atoms with Crippen molar-refractivity contribution in [2.75, 3.05) is 16.8 Å². The maximum Gasteiger partial charge on any atom is 0.417 e. The molecule has 0 radical (unpaired) electrons. The molecule has 0 aromatic heterocycles. The topological polar surface area (TPSA) is 61.8 Å². The number of phenolic OH excluding ortho intramolecular Hbond substituents is 1. The highest BCUT2D eigenvalue weighted by molar-refractivity contribution is 5.86. The first-order chi connectivity index (χ1) is 14.5. The molecule has 0 aliphatic carbocycles. The van der Waals surface area contributed by atoms with E-state index < -0.39 is 6.09 Å². The number of nitrogens with one attached hydrogen (secondary N) is 1. The van der Waals surface area contributed by atoms with Crippen molar-refractivity contribution in [3.8, 4) is 11.5 Å². The molecule has 4 rings (SSSR count). The fourth-order valence-corrected chi connectivity index (χ4v) is 3.73. The number of anilines is 2. The van der Waals surface area contributed by atoms with Gasteiger partial charge in [0.1, 0.15) is 11.5 Å². The first-order valence-electron chi connectivity index (χ1n) is 10.2. The number of fused-ring (bicyclic) bond motifs is 1. The highest BCUT2D eigenvalue weighted by Gasteiger charge is 2.21. The zero-order valence-corrected chi connectivity index (χ0v) is 17.3. The molecular weight excluding hydrogens is 376 g/mol. The standard InChI is InChI=1S/C25H26N2O3/c1-17(2)18-7-9-21(10-8-18)26-25(29)30-22-11-12-23-19(15-22)13-14-27(23)16-20-5-3-4-6-24(20)28/h3-12,15,17,28H,13-14,16H2,1-2H3,(H,26,29). The summed E-state index contributed by atoms with van der Waals surface area (Å²) in [5, 5.41) is 12.8. The van der Waals surface area contributed by atoms with Gasteiger partial charge in [0, 0.05) is 30.0 Å². The fourth-order valence-electron chi connectivity index (χ4n) is 3.73. The molecule has 154 valence electrons. The van der Waals surface area contributed by atoms with E-state index in [9.17, 15) is 9.90 Å². The first kappa shape index (κ1) is 19.8. The van der Waals surface area contributed by atoms with Crippen LogP contribution in [-0.2, 0) is 13.0 Å². The molecule has 1 aliphatic rings. The van der Waals surface area contributed by atoms with Crippen LogP contribution in [0.1, 0.15) is 36.5 Å². The van der Waals surface area contributed by atoms with Crippen LogP contribution in [-0.4, -0.2) is 17.7 Å². The molecule has 0 saturated heterocycles. The lowest BCUT2D eigenvalue weighted by atomic mass is 10.0. The second-order valence-electron chi connectivity index (χ2n) is 7.88. The number of carbonyl (C=O) groups is 1. The molecule has 0 fully saturated rings. The second-order valence-corrected chi connectivity index (χ2v) is 7.88. The van der Waals surface area contributed by atoms with Crippen LogP contribution < -0.4 is 15.0 Å². The Morgan fingerprint density at radius 1 is 1.10 bits per heavy atom. The van der Waals surface area contributed by atoms with Gasteiger partial charge in [-0.2, -0.15) is 0 Å². The number of carbonyl (C=O) groups excluding carboxylic acids is 1. The first-order valence-corrected chi connectivity index (χ1v) is 10.2. The Balaban J connectivity index is 1.39. The number of hydrogen-bond donors (Lipinski definition) is 2. The Hall–Kier alpha value is -3.47. The van der Waals surface area contributed by atoms with Crippen molar-refractivity contribution in [3.05, 3.63) is 83.4 Å². The Kier molecular flexibility index (Phi) is 5.61. The van der Waals surface area contributed by atoms with Gasteiger partial charge in [-0.3, -0.25) is 5.32 Å². The van der Waals surface area contributed by atoms with Crippen molar-refractivity contribution in [2.24, 2.45) is 0 Å². The Morgan fingerprint density at radius 2 is 1.87 bits per heavy atom. The van der Waals surface area contributed by atoms with E-state index in [0.29, 0.717) is 29.6 Å². The Morgan fingerprint density at radius 3 is 2.60 bits per heavy atom. The summed E-state index contributed by atoms with van der Waals surface area (Å²) in [6, 6.07) is 20.9. The molecule has 5 heteroatoms. The van der Waals surface area contributed by atoms with E-state index in [0.717, 1.165) is 29.8 Å². The Labute approximate surface area is 176 Å². The van der Waals surface area contributed by atoms with Crippen LogP contribution in [0, 0.1) is 0 Å². The van der Waals surface area contributed by atoms with Crippen molar-refractivity contribution >= 4 is 17.5 Å². The maximum absolute atomic E-state index is 12.3. The molecule has 3 aromatic carbocycles. The van der Waals surface area contributed by atoms with Crippen LogP contribution in [0.5, 0.6) is 11.5 Å². The van der Waals surface area contributed by atoms with E-state index in [-0.39, 0.29) is 0 Å². The Bertz CT molecular complexity index is 1040. The highest BCUT2D eigenvalue weighted by atomic mass is 16.6. The minimum Gasteiger partial charge on any atom is -0.508 e. The zero-order valence-electron chi connectivity index (χ0n) is 17.3. The van der Waals surface area contributed by atoms with E-state index in [1.165, 1.54) is 5.56 Å². The van der Waals surface area contributed by atoms with Gasteiger partial charge in [0.25, 0.3) is 0 Å². The minimum atomic E-state index is -0.503. The van der Waals surface area contributed by atoms with E-state index in [1.807, 2.05) is 60.7 Å². The number of aromatic hydroxyl groups is 1. The lowest BCUT2D eigenvalue weighted by Gasteiger charge is -2.20. The van der Waals surface area contributed by atoms with Crippen molar-refractivity contribution in [1.29, 1.82) is 0 Å². The van der Waals surface area contributed by atoms with Gasteiger partial charge < -0.3 is 14.7 Å². The number of hydrogen-bond acceptors (Lipinski definition) is 4. The normalized spacial score (nSPS) is 12.7. The molecule has 1 amide bonds. The third-order valence-electron chi connectivity index (χ3n) is 5.43. The number of rotatable bonds is 5. The summed E-state index contributed by atoms with van der Waals surface area (Å²) in [5.41, 5.74) is 5.07. The molecule has 0 bridgehead atoms. The van der Waals surface area contributed by atoms with Gasteiger partial charge in [0.15, 0.2) is 0 Å².